The van der Waals surface area contributed by atoms with Crippen LogP contribution >= 0.6 is 0 Å². The van der Waals surface area contributed by atoms with E-state index in [-0.39, 0.29) is 11.7 Å². The Hall–Kier alpha value is -1.55. The number of nitrogens with zero attached hydrogens (tertiary/aromatic N) is 1. The Morgan fingerprint density at radius 3 is 2.89 bits per heavy atom. The van der Waals surface area contributed by atoms with Gasteiger partial charge in [0, 0.05) is 6.54 Å². The second-order valence-electron chi connectivity index (χ2n) is 5.38. The number of H-pyrrole nitrogens is 1. The number of benzene rings is 1. The number of hydrogen-bond donors (Lipinski definition) is 2. The molecule has 1 fully saturated rings. The highest BCUT2D eigenvalue weighted by Crippen LogP contribution is 2.23. The fourth-order valence-corrected chi connectivity index (χ4v) is 2.73. The molecule has 0 radical (unpaired) electrons. The van der Waals surface area contributed by atoms with Crippen molar-refractivity contribution in [2.75, 3.05) is 13.1 Å². The van der Waals surface area contributed by atoms with Crippen molar-refractivity contribution in [3.05, 3.63) is 34.2 Å². The van der Waals surface area contributed by atoms with Crippen molar-refractivity contribution in [2.45, 2.75) is 32.2 Å². The molecule has 2 heterocycles. The van der Waals surface area contributed by atoms with Crippen molar-refractivity contribution >= 4 is 11.0 Å². The first-order valence-electron chi connectivity index (χ1n) is 6.61. The molecule has 0 saturated carbocycles. The van der Waals surface area contributed by atoms with Gasteiger partial charge in [0.05, 0.1) is 17.1 Å². The lowest BCUT2D eigenvalue weighted by atomic mass is 10.0. The second kappa shape index (κ2) is 4.28. The first-order chi connectivity index (χ1) is 8.66. The van der Waals surface area contributed by atoms with Crippen LogP contribution < -0.4 is 11.0 Å². The van der Waals surface area contributed by atoms with Gasteiger partial charge >= 0.3 is 5.69 Å². The van der Waals surface area contributed by atoms with Gasteiger partial charge in [-0.2, -0.15) is 0 Å². The average Bonchev–Trinajstić information content (AvgIpc) is 2.93. The van der Waals surface area contributed by atoms with Gasteiger partial charge in [-0.1, -0.05) is 19.9 Å². The van der Waals surface area contributed by atoms with Crippen LogP contribution in [0.5, 0.6) is 0 Å². The SMILES string of the molecule is CC(C)c1ccc2c(c1)[nH]c(=O)n2C1CCNC1. The van der Waals surface area contributed by atoms with Crippen molar-refractivity contribution in [2.24, 2.45) is 0 Å². The Morgan fingerprint density at radius 1 is 1.39 bits per heavy atom. The Balaban J connectivity index is 2.15. The molecular formula is C14H19N3O. The van der Waals surface area contributed by atoms with E-state index in [4.69, 9.17) is 0 Å². The third-order valence-electron chi connectivity index (χ3n) is 3.81. The highest BCUT2D eigenvalue weighted by molar-refractivity contribution is 5.76. The van der Waals surface area contributed by atoms with Gasteiger partial charge in [0.25, 0.3) is 0 Å². The number of aromatic nitrogens is 2. The van der Waals surface area contributed by atoms with Crippen LogP contribution in [0.2, 0.25) is 0 Å². The first-order valence-corrected chi connectivity index (χ1v) is 6.61. The minimum Gasteiger partial charge on any atom is -0.315 e. The third kappa shape index (κ3) is 1.77. The Labute approximate surface area is 106 Å². The lowest BCUT2D eigenvalue weighted by molar-refractivity contribution is 0.546. The fourth-order valence-electron chi connectivity index (χ4n) is 2.73. The zero-order valence-corrected chi connectivity index (χ0v) is 10.9. The van der Waals surface area contributed by atoms with Gasteiger partial charge in [-0.15, -0.1) is 0 Å². The topological polar surface area (TPSA) is 49.8 Å². The zero-order chi connectivity index (χ0) is 12.7. The van der Waals surface area contributed by atoms with E-state index in [0.717, 1.165) is 30.5 Å². The van der Waals surface area contributed by atoms with E-state index in [1.807, 2.05) is 4.57 Å². The molecule has 4 heteroatoms. The normalized spacial score (nSPS) is 20.1. The average molecular weight is 245 g/mol. The molecule has 18 heavy (non-hydrogen) atoms. The van der Waals surface area contributed by atoms with Crippen LogP contribution in [-0.4, -0.2) is 22.6 Å². The van der Waals surface area contributed by atoms with Crippen LogP contribution in [0.15, 0.2) is 23.0 Å². The summed E-state index contributed by atoms with van der Waals surface area (Å²) in [6.45, 7) is 6.21. The Bertz CT molecular complexity index is 617. The first kappa shape index (κ1) is 11.5. The minimum atomic E-state index is 0.0135. The van der Waals surface area contributed by atoms with Gasteiger partial charge in [0.1, 0.15) is 0 Å². The molecule has 3 rings (SSSR count). The van der Waals surface area contributed by atoms with Crippen LogP contribution in [-0.2, 0) is 0 Å². The number of rotatable bonds is 2. The van der Waals surface area contributed by atoms with Crippen molar-refractivity contribution in [1.29, 1.82) is 0 Å². The van der Waals surface area contributed by atoms with Crippen molar-refractivity contribution < 1.29 is 0 Å². The van der Waals surface area contributed by atoms with E-state index in [1.54, 1.807) is 0 Å². The molecule has 96 valence electrons. The quantitative estimate of drug-likeness (QED) is 0.850. The summed E-state index contributed by atoms with van der Waals surface area (Å²) in [6.07, 6.45) is 1.03. The van der Waals surface area contributed by atoms with E-state index in [0.29, 0.717) is 5.92 Å². The maximum Gasteiger partial charge on any atom is 0.326 e. The van der Waals surface area contributed by atoms with Gasteiger partial charge in [-0.3, -0.25) is 4.57 Å². The molecule has 0 spiro atoms. The van der Waals surface area contributed by atoms with Crippen LogP contribution in [0.3, 0.4) is 0 Å². The molecule has 1 unspecified atom stereocenters. The van der Waals surface area contributed by atoms with Gasteiger partial charge in [0.15, 0.2) is 0 Å². The van der Waals surface area contributed by atoms with Crippen LogP contribution in [0.4, 0.5) is 0 Å². The van der Waals surface area contributed by atoms with Crippen molar-refractivity contribution in [3.8, 4) is 0 Å². The largest absolute Gasteiger partial charge is 0.326 e. The number of hydrogen-bond acceptors (Lipinski definition) is 2. The Morgan fingerprint density at radius 2 is 2.22 bits per heavy atom. The molecular weight excluding hydrogens is 226 g/mol. The van der Waals surface area contributed by atoms with Gasteiger partial charge in [0.2, 0.25) is 0 Å². The highest BCUT2D eigenvalue weighted by atomic mass is 16.1. The number of fused-ring (bicyclic) bond motifs is 1. The van der Waals surface area contributed by atoms with Gasteiger partial charge in [-0.05, 0) is 36.6 Å². The smallest absolute Gasteiger partial charge is 0.315 e. The molecule has 2 N–H and O–H groups in total. The zero-order valence-electron chi connectivity index (χ0n) is 10.9. The summed E-state index contributed by atoms with van der Waals surface area (Å²) < 4.78 is 1.90. The summed E-state index contributed by atoms with van der Waals surface area (Å²) in [5, 5.41) is 3.31. The van der Waals surface area contributed by atoms with Crippen molar-refractivity contribution in [1.82, 2.24) is 14.9 Å². The maximum atomic E-state index is 12.1. The summed E-state index contributed by atoms with van der Waals surface area (Å²) in [4.78, 5) is 15.1. The lowest BCUT2D eigenvalue weighted by Gasteiger charge is -2.11. The molecule has 1 aromatic carbocycles. The van der Waals surface area contributed by atoms with Gasteiger partial charge < -0.3 is 10.3 Å². The van der Waals surface area contributed by atoms with E-state index >= 15 is 0 Å². The molecule has 1 aliphatic rings. The fraction of sp³-hybridized carbons (Fsp3) is 0.500. The number of imidazole rings is 1. The minimum absolute atomic E-state index is 0.0135. The second-order valence-corrected chi connectivity index (χ2v) is 5.38. The number of aromatic amines is 1. The summed E-state index contributed by atoms with van der Waals surface area (Å²) in [5.41, 5.74) is 3.26. The molecule has 1 atom stereocenters. The summed E-state index contributed by atoms with van der Waals surface area (Å²) >= 11 is 0. The third-order valence-corrected chi connectivity index (χ3v) is 3.81. The summed E-state index contributed by atoms with van der Waals surface area (Å²) in [5.74, 6) is 0.481. The van der Waals surface area contributed by atoms with E-state index in [2.05, 4.69) is 42.3 Å². The van der Waals surface area contributed by atoms with Crippen molar-refractivity contribution in [3.63, 3.8) is 0 Å². The van der Waals surface area contributed by atoms with E-state index < -0.39 is 0 Å². The van der Waals surface area contributed by atoms with Crippen LogP contribution in [0, 0.1) is 0 Å². The monoisotopic (exact) mass is 245 g/mol. The number of nitrogens with one attached hydrogen (secondary N) is 2. The molecule has 0 aliphatic carbocycles. The molecule has 1 saturated heterocycles. The van der Waals surface area contributed by atoms with E-state index in [1.165, 1.54) is 5.56 Å². The molecule has 0 bridgehead atoms. The van der Waals surface area contributed by atoms with Gasteiger partial charge in [-0.25, -0.2) is 4.79 Å². The molecule has 0 amide bonds. The predicted octanol–water partition coefficient (Wildman–Crippen LogP) is 1.99. The standard InChI is InChI=1S/C14H19N3O/c1-9(2)10-3-4-13-12(7-10)16-14(18)17(13)11-5-6-15-8-11/h3-4,7,9,11,15H,5-6,8H2,1-2H3,(H,16,18). The van der Waals surface area contributed by atoms with Crippen LogP contribution in [0.25, 0.3) is 11.0 Å². The van der Waals surface area contributed by atoms with Crippen LogP contribution in [0.1, 0.15) is 37.8 Å². The summed E-state index contributed by atoms with van der Waals surface area (Å²) in [6, 6.07) is 6.58. The van der Waals surface area contributed by atoms with E-state index in [9.17, 15) is 4.79 Å². The molecule has 1 aromatic heterocycles. The lowest BCUT2D eigenvalue weighted by Crippen LogP contribution is -2.23. The molecule has 2 aromatic rings. The molecule has 1 aliphatic heterocycles. The Kier molecular flexibility index (Phi) is 2.74. The maximum absolute atomic E-state index is 12.1. The predicted molar refractivity (Wildman–Crippen MR) is 73.2 cm³/mol. The molecule has 4 nitrogen and oxygen atoms in total. The highest BCUT2D eigenvalue weighted by Gasteiger charge is 2.20. The summed E-state index contributed by atoms with van der Waals surface area (Å²) in [7, 11) is 0.